The Kier molecular flexibility index (Phi) is 5.66. The smallest absolute Gasteiger partial charge is 0.256 e. The fourth-order valence-electron chi connectivity index (χ4n) is 2.71. The largest absolute Gasteiger partial charge is 0.352 e. The Labute approximate surface area is 158 Å². The van der Waals surface area contributed by atoms with Crippen molar-refractivity contribution in [2.75, 3.05) is 5.32 Å². The van der Waals surface area contributed by atoms with Crippen molar-refractivity contribution in [3.05, 3.63) is 83.0 Å². The third kappa shape index (κ3) is 5.04. The number of aryl methyl sites for hydroxylation is 1. The maximum atomic E-state index is 12.6. The number of rotatable bonds is 6. The van der Waals surface area contributed by atoms with Gasteiger partial charge in [0.05, 0.1) is 12.2 Å². The van der Waals surface area contributed by atoms with Gasteiger partial charge in [-0.15, -0.1) is 0 Å². The lowest BCUT2D eigenvalue weighted by Crippen LogP contribution is -2.19. The van der Waals surface area contributed by atoms with Crippen LogP contribution in [0.5, 0.6) is 0 Å². The number of benzene rings is 2. The van der Waals surface area contributed by atoms with Crippen molar-refractivity contribution in [2.24, 2.45) is 0 Å². The van der Waals surface area contributed by atoms with Gasteiger partial charge in [-0.05, 0) is 30.2 Å². The van der Waals surface area contributed by atoms with Crippen LogP contribution in [0.1, 0.15) is 34.1 Å². The molecule has 0 aliphatic rings. The molecule has 0 atom stereocenters. The molecule has 1 heterocycles. The summed E-state index contributed by atoms with van der Waals surface area (Å²) < 4.78 is 1.79. The van der Waals surface area contributed by atoms with Gasteiger partial charge in [0.15, 0.2) is 0 Å². The van der Waals surface area contributed by atoms with E-state index in [1.54, 1.807) is 16.8 Å². The number of hydrogen-bond acceptors (Lipinski definition) is 3. The molecule has 0 saturated carbocycles. The molecule has 27 heavy (non-hydrogen) atoms. The number of amides is 2. The molecule has 0 saturated heterocycles. The van der Waals surface area contributed by atoms with Crippen molar-refractivity contribution in [1.29, 1.82) is 0 Å². The molecule has 6 heteroatoms. The molecule has 2 amide bonds. The second kappa shape index (κ2) is 8.31. The molecule has 0 radical (unpaired) electrons. The van der Waals surface area contributed by atoms with Crippen LogP contribution in [0.15, 0.2) is 60.7 Å². The van der Waals surface area contributed by atoms with Crippen molar-refractivity contribution < 1.29 is 9.59 Å². The average molecular weight is 362 g/mol. The molecule has 2 aromatic carbocycles. The van der Waals surface area contributed by atoms with E-state index >= 15 is 0 Å². The predicted octanol–water partition coefficient (Wildman–Crippen LogP) is 3.13. The van der Waals surface area contributed by atoms with E-state index in [-0.39, 0.29) is 11.8 Å². The fourth-order valence-corrected chi connectivity index (χ4v) is 2.71. The minimum absolute atomic E-state index is 0.0844. The fraction of sp³-hybridized carbons (Fsp3) is 0.190. The van der Waals surface area contributed by atoms with E-state index in [1.165, 1.54) is 6.92 Å². The molecule has 3 rings (SSSR count). The predicted molar refractivity (Wildman–Crippen MR) is 104 cm³/mol. The zero-order valence-electron chi connectivity index (χ0n) is 15.4. The number of nitrogens with one attached hydrogen (secondary N) is 2. The summed E-state index contributed by atoms with van der Waals surface area (Å²) in [7, 11) is 0. The number of carbonyl (C=O) groups is 2. The second-order valence-corrected chi connectivity index (χ2v) is 6.37. The van der Waals surface area contributed by atoms with Crippen LogP contribution in [0, 0.1) is 6.92 Å². The highest BCUT2D eigenvalue weighted by Gasteiger charge is 2.11. The van der Waals surface area contributed by atoms with E-state index in [4.69, 9.17) is 0 Å². The lowest BCUT2D eigenvalue weighted by molar-refractivity contribution is -0.119. The lowest BCUT2D eigenvalue weighted by Gasteiger charge is -2.10. The molecule has 0 aliphatic carbocycles. The van der Waals surface area contributed by atoms with Gasteiger partial charge in [-0.3, -0.25) is 9.59 Å². The zero-order valence-corrected chi connectivity index (χ0v) is 15.4. The minimum Gasteiger partial charge on any atom is -0.352 e. The average Bonchev–Trinajstić information content (AvgIpc) is 3.00. The topological polar surface area (TPSA) is 76.0 Å². The van der Waals surface area contributed by atoms with Gasteiger partial charge < -0.3 is 10.6 Å². The summed E-state index contributed by atoms with van der Waals surface area (Å²) in [6.07, 6.45) is 0. The third-order valence-corrected chi connectivity index (χ3v) is 4.08. The normalized spacial score (nSPS) is 10.4. The summed E-state index contributed by atoms with van der Waals surface area (Å²) in [5.74, 6) is 0.373. The summed E-state index contributed by atoms with van der Waals surface area (Å²) in [4.78, 5) is 23.6. The van der Waals surface area contributed by atoms with Crippen molar-refractivity contribution in [3.63, 3.8) is 0 Å². The zero-order chi connectivity index (χ0) is 19.2. The summed E-state index contributed by atoms with van der Waals surface area (Å²) in [5.41, 5.74) is 3.43. The SMILES string of the molecule is CC(=O)NCc1ccc(C(=O)Nc2cc(C)nn2Cc2ccccc2)cc1. The number of carbonyl (C=O) groups excluding carboxylic acids is 2. The molecule has 0 unspecified atom stereocenters. The summed E-state index contributed by atoms with van der Waals surface area (Å²) in [6.45, 7) is 4.40. The van der Waals surface area contributed by atoms with E-state index in [2.05, 4.69) is 15.7 Å². The molecular weight excluding hydrogens is 340 g/mol. The Hall–Kier alpha value is -3.41. The molecule has 0 aliphatic heterocycles. The molecule has 6 nitrogen and oxygen atoms in total. The van der Waals surface area contributed by atoms with E-state index in [9.17, 15) is 9.59 Å². The highest BCUT2D eigenvalue weighted by Crippen LogP contribution is 2.15. The monoisotopic (exact) mass is 362 g/mol. The first-order valence-electron chi connectivity index (χ1n) is 8.74. The van der Waals surface area contributed by atoms with Gasteiger partial charge in [0.1, 0.15) is 5.82 Å². The first kappa shape index (κ1) is 18.4. The standard InChI is InChI=1S/C21H22N4O2/c1-15-12-20(25(24-15)14-18-6-4-3-5-7-18)23-21(27)19-10-8-17(9-11-19)13-22-16(2)26/h3-12H,13-14H2,1-2H3,(H,22,26)(H,23,27). The van der Waals surface area contributed by atoms with E-state index in [1.807, 2.05) is 55.5 Å². The summed E-state index contributed by atoms with van der Waals surface area (Å²) in [6, 6.07) is 19.0. The van der Waals surface area contributed by atoms with Crippen LogP contribution in [0.2, 0.25) is 0 Å². The van der Waals surface area contributed by atoms with Gasteiger partial charge in [0, 0.05) is 25.1 Å². The molecule has 2 N–H and O–H groups in total. The lowest BCUT2D eigenvalue weighted by atomic mass is 10.1. The van der Waals surface area contributed by atoms with Crippen molar-refractivity contribution in [3.8, 4) is 0 Å². The van der Waals surface area contributed by atoms with Crippen LogP contribution in [0.4, 0.5) is 5.82 Å². The molecule has 3 aromatic rings. The number of nitrogens with zero attached hydrogens (tertiary/aromatic N) is 2. The minimum atomic E-state index is -0.199. The summed E-state index contributed by atoms with van der Waals surface area (Å²) in [5, 5.41) is 10.1. The molecule has 0 spiro atoms. The van der Waals surface area contributed by atoms with Crippen molar-refractivity contribution in [1.82, 2.24) is 15.1 Å². The van der Waals surface area contributed by atoms with Gasteiger partial charge in [0.25, 0.3) is 5.91 Å². The van der Waals surface area contributed by atoms with E-state index < -0.39 is 0 Å². The molecule has 0 bridgehead atoms. The van der Waals surface area contributed by atoms with Gasteiger partial charge >= 0.3 is 0 Å². The highest BCUT2D eigenvalue weighted by atomic mass is 16.2. The molecule has 1 aromatic heterocycles. The van der Waals surface area contributed by atoms with E-state index in [0.717, 1.165) is 16.8 Å². The van der Waals surface area contributed by atoms with Gasteiger partial charge in [-0.1, -0.05) is 42.5 Å². The maximum Gasteiger partial charge on any atom is 0.256 e. The van der Waals surface area contributed by atoms with Crippen LogP contribution in [-0.2, 0) is 17.9 Å². The Morgan fingerprint density at radius 2 is 1.70 bits per heavy atom. The van der Waals surface area contributed by atoms with Crippen LogP contribution in [-0.4, -0.2) is 21.6 Å². The Bertz CT molecular complexity index is 931. The Morgan fingerprint density at radius 1 is 1.00 bits per heavy atom. The first-order valence-corrected chi connectivity index (χ1v) is 8.74. The Morgan fingerprint density at radius 3 is 2.37 bits per heavy atom. The second-order valence-electron chi connectivity index (χ2n) is 6.37. The Balaban J connectivity index is 1.70. The quantitative estimate of drug-likeness (QED) is 0.707. The summed E-state index contributed by atoms with van der Waals surface area (Å²) >= 11 is 0. The van der Waals surface area contributed by atoms with E-state index in [0.29, 0.717) is 24.5 Å². The third-order valence-electron chi connectivity index (χ3n) is 4.08. The van der Waals surface area contributed by atoms with Gasteiger partial charge in [0.2, 0.25) is 5.91 Å². The van der Waals surface area contributed by atoms with Crippen molar-refractivity contribution in [2.45, 2.75) is 26.9 Å². The van der Waals surface area contributed by atoms with Gasteiger partial charge in [-0.25, -0.2) is 4.68 Å². The number of hydrogen-bond donors (Lipinski definition) is 2. The molecule has 138 valence electrons. The highest BCUT2D eigenvalue weighted by molar-refractivity contribution is 6.03. The first-order chi connectivity index (χ1) is 13.0. The van der Waals surface area contributed by atoms with Crippen LogP contribution >= 0.6 is 0 Å². The maximum absolute atomic E-state index is 12.6. The van der Waals surface area contributed by atoms with Crippen LogP contribution < -0.4 is 10.6 Å². The van der Waals surface area contributed by atoms with Crippen LogP contribution in [0.25, 0.3) is 0 Å². The number of anilines is 1. The molecule has 0 fully saturated rings. The van der Waals surface area contributed by atoms with Gasteiger partial charge in [-0.2, -0.15) is 5.10 Å². The molecular formula is C21H22N4O2. The van der Waals surface area contributed by atoms with Crippen LogP contribution in [0.3, 0.4) is 0 Å². The van der Waals surface area contributed by atoms with Crippen molar-refractivity contribution >= 4 is 17.6 Å². The number of aromatic nitrogens is 2.